The molecular weight excluding hydrogens is 548 g/mol. The van der Waals surface area contributed by atoms with Crippen LogP contribution in [0.5, 0.6) is 0 Å². The van der Waals surface area contributed by atoms with Crippen molar-refractivity contribution in [3.05, 3.63) is 93.5 Å². The number of carbonyl (C=O) groups excluding carboxylic acids is 1. The summed E-state index contributed by atoms with van der Waals surface area (Å²) in [6.07, 6.45) is -0.0207. The number of hydrogen-bond acceptors (Lipinski definition) is 5. The van der Waals surface area contributed by atoms with E-state index in [-0.39, 0.29) is 47.8 Å². The lowest BCUT2D eigenvalue weighted by Crippen LogP contribution is -2.30. The van der Waals surface area contributed by atoms with E-state index in [1.165, 1.54) is 30.7 Å². The molecule has 0 aromatic heterocycles. The van der Waals surface area contributed by atoms with Crippen molar-refractivity contribution in [2.45, 2.75) is 45.4 Å². The molecule has 1 atom stereocenters. The monoisotopic (exact) mass is 583 g/mol. The van der Waals surface area contributed by atoms with E-state index in [1.54, 1.807) is 0 Å². The molecule has 0 bridgehead atoms. The highest BCUT2D eigenvalue weighted by Crippen LogP contribution is 2.54. The second-order valence-corrected chi connectivity index (χ2v) is 11.6. The second-order valence-electron chi connectivity index (χ2n) is 8.94. The molecule has 208 valence electrons. The van der Waals surface area contributed by atoms with Crippen LogP contribution < -0.4 is 12.3 Å². The van der Waals surface area contributed by atoms with Crippen LogP contribution in [0.3, 0.4) is 0 Å². The van der Waals surface area contributed by atoms with Gasteiger partial charge in [0.2, 0.25) is 5.91 Å². The van der Waals surface area contributed by atoms with Crippen LogP contribution in [0.15, 0.2) is 66.7 Å². The number of carbonyl (C=O) groups is 1. The van der Waals surface area contributed by atoms with Gasteiger partial charge in [0.25, 0.3) is 0 Å². The fourth-order valence-corrected chi connectivity index (χ4v) is 5.11. The quantitative estimate of drug-likeness (QED) is 0.140. The summed E-state index contributed by atoms with van der Waals surface area (Å²) in [4.78, 5) is 37.7. The fourth-order valence-electron chi connectivity index (χ4n) is 3.81. The zero-order chi connectivity index (χ0) is 26.5. The van der Waals surface area contributed by atoms with Crippen LogP contribution in [-0.4, -0.2) is 27.3 Å². The number of hydrogen-bond donors (Lipinski definition) is 4. The summed E-state index contributed by atoms with van der Waals surface area (Å²) in [7, 11) is -4.54. The van der Waals surface area contributed by atoms with Gasteiger partial charge < -0.3 is 22.1 Å². The van der Waals surface area contributed by atoms with Crippen molar-refractivity contribution in [2.24, 2.45) is 0 Å². The molecule has 3 rings (SSSR count). The van der Waals surface area contributed by atoms with E-state index in [0.717, 1.165) is 21.8 Å². The molecule has 0 heterocycles. The summed E-state index contributed by atoms with van der Waals surface area (Å²) in [5, 5.41) is 1.61. The van der Waals surface area contributed by atoms with Gasteiger partial charge in [-0.3, -0.25) is 14.2 Å². The number of amides is 1. The summed E-state index contributed by atoms with van der Waals surface area (Å²) in [6.45, 7) is 5.79. The van der Waals surface area contributed by atoms with Crippen molar-refractivity contribution >= 4 is 36.7 Å². The Bertz CT molecular complexity index is 1230. The van der Waals surface area contributed by atoms with E-state index < -0.39 is 13.3 Å². The van der Waals surface area contributed by atoms with E-state index in [2.05, 4.69) is 38.1 Å². The molecule has 0 fully saturated rings. The first-order valence-corrected chi connectivity index (χ1v) is 14.0. The van der Waals surface area contributed by atoms with Crippen LogP contribution in [0.25, 0.3) is 11.1 Å². The highest BCUT2D eigenvalue weighted by Gasteiger charge is 2.31. The van der Waals surface area contributed by atoms with Gasteiger partial charge in [0.15, 0.2) is 0 Å². The van der Waals surface area contributed by atoms with E-state index in [4.69, 9.17) is 28.0 Å². The minimum absolute atomic E-state index is 0. The van der Waals surface area contributed by atoms with E-state index in [1.807, 2.05) is 24.3 Å². The molecule has 0 radical (unpaired) electrons. The number of hydroxylamine groups is 2. The van der Waals surface area contributed by atoms with Gasteiger partial charge in [-0.1, -0.05) is 91.6 Å². The summed E-state index contributed by atoms with van der Waals surface area (Å²) < 4.78 is 12.2. The molecule has 0 aliphatic heterocycles. The highest BCUT2D eigenvalue weighted by molar-refractivity contribution is 7.52. The van der Waals surface area contributed by atoms with Crippen molar-refractivity contribution in [2.75, 3.05) is 6.54 Å². The fraction of sp³-hybridized carbons (Fsp3) is 0.296. The van der Waals surface area contributed by atoms with Gasteiger partial charge in [-0.15, -0.1) is 0 Å². The van der Waals surface area contributed by atoms with Crippen molar-refractivity contribution in [1.82, 2.24) is 17.4 Å². The normalized spacial score (nSPS) is 11.9. The van der Waals surface area contributed by atoms with Gasteiger partial charge >= 0.3 is 7.60 Å². The van der Waals surface area contributed by atoms with E-state index in [0.29, 0.717) is 11.5 Å². The Morgan fingerprint density at radius 1 is 0.895 bits per heavy atom. The smallest absolute Gasteiger partial charge is 0.333 e. The summed E-state index contributed by atoms with van der Waals surface area (Å²) in [5.74, 6) is 0.110. The lowest BCUT2D eigenvalue weighted by Gasteiger charge is -2.24. The van der Waals surface area contributed by atoms with Crippen LogP contribution in [-0.2, 0) is 20.8 Å². The minimum atomic E-state index is -4.54. The van der Waals surface area contributed by atoms with Crippen LogP contribution >= 0.6 is 30.8 Å². The first kappa shape index (κ1) is 33.8. The first-order chi connectivity index (χ1) is 17.0. The molecule has 3 aromatic carbocycles. The summed E-state index contributed by atoms with van der Waals surface area (Å²) >= 11 is 12.0. The Morgan fingerprint density at radius 2 is 1.42 bits per heavy atom. The minimum Gasteiger partial charge on any atom is -0.344 e. The van der Waals surface area contributed by atoms with Gasteiger partial charge in [0.1, 0.15) is 6.61 Å². The third-order valence-corrected chi connectivity index (χ3v) is 8.05. The van der Waals surface area contributed by atoms with E-state index >= 15 is 0 Å². The molecule has 8 N–H and O–H groups in total. The predicted octanol–water partition coefficient (Wildman–Crippen LogP) is 7.70. The second kappa shape index (κ2) is 14.8. The standard InChI is InChI=1S/C27H30Cl2NO5P.2H3N/c1-18(2)21-8-10-23(11-9-21)22-6-4-20(5-7-22)17-35-30(19(3)31)15-14-27(36(32,33)34)24-12-13-25(28)26(29)16-24;;/h4-13,16,18,27H,14-15,17H2,1-3H3,(H2,32,33,34);2*1H3. The number of rotatable bonds is 10. The molecule has 0 spiro atoms. The number of nitrogens with zero attached hydrogens (tertiary/aromatic N) is 1. The number of halogens is 2. The molecule has 38 heavy (non-hydrogen) atoms. The molecule has 0 aliphatic carbocycles. The maximum atomic E-state index is 12.2. The van der Waals surface area contributed by atoms with Crippen LogP contribution in [0.1, 0.15) is 55.5 Å². The Hall–Kier alpha value is -2.26. The molecule has 1 unspecified atom stereocenters. The molecule has 3 aromatic rings. The largest absolute Gasteiger partial charge is 0.344 e. The average Bonchev–Trinajstić information content (AvgIpc) is 2.82. The van der Waals surface area contributed by atoms with E-state index in [9.17, 15) is 19.1 Å². The van der Waals surface area contributed by atoms with Crippen LogP contribution in [0.2, 0.25) is 10.0 Å². The molecule has 0 saturated heterocycles. The zero-order valence-corrected chi connectivity index (χ0v) is 24.2. The van der Waals surface area contributed by atoms with Crippen molar-refractivity contribution in [1.29, 1.82) is 0 Å². The molecule has 1 amide bonds. The van der Waals surface area contributed by atoms with Crippen molar-refractivity contribution in [3.8, 4) is 11.1 Å². The third-order valence-electron chi connectivity index (χ3n) is 5.94. The van der Waals surface area contributed by atoms with Gasteiger partial charge in [-0.2, -0.15) is 0 Å². The van der Waals surface area contributed by atoms with Crippen molar-refractivity contribution in [3.63, 3.8) is 0 Å². The SMILES string of the molecule is CC(=O)N(CCC(c1ccc(Cl)c(Cl)c1)P(=O)(O)O)OCc1ccc(-c2ccc(C(C)C)cc2)cc1.N.N. The maximum absolute atomic E-state index is 12.2. The third kappa shape index (κ3) is 9.19. The molecular formula is C27H36Cl2N3O5P. The summed E-state index contributed by atoms with van der Waals surface area (Å²) in [6, 6.07) is 20.8. The Labute approximate surface area is 234 Å². The number of benzene rings is 3. The topological polar surface area (TPSA) is 157 Å². The van der Waals surface area contributed by atoms with Crippen LogP contribution in [0.4, 0.5) is 0 Å². The molecule has 0 saturated carbocycles. The molecule has 11 heteroatoms. The van der Waals surface area contributed by atoms with Gasteiger partial charge in [0.05, 0.1) is 15.7 Å². The predicted molar refractivity (Wildman–Crippen MR) is 154 cm³/mol. The molecule has 8 nitrogen and oxygen atoms in total. The van der Waals surface area contributed by atoms with Crippen molar-refractivity contribution < 1.29 is 24.0 Å². The lowest BCUT2D eigenvalue weighted by atomic mass is 9.98. The Morgan fingerprint density at radius 3 is 1.89 bits per heavy atom. The van der Waals surface area contributed by atoms with Gasteiger partial charge in [-0.25, -0.2) is 5.06 Å². The Balaban J connectivity index is 0.00000361. The zero-order valence-electron chi connectivity index (χ0n) is 21.8. The average molecular weight is 584 g/mol. The summed E-state index contributed by atoms with van der Waals surface area (Å²) in [5.41, 5.74) is 3.53. The van der Waals surface area contributed by atoms with Gasteiger partial charge in [0, 0.05) is 13.5 Å². The lowest BCUT2D eigenvalue weighted by molar-refractivity contribution is -0.189. The highest BCUT2D eigenvalue weighted by atomic mass is 35.5. The first-order valence-electron chi connectivity index (χ1n) is 11.6. The van der Waals surface area contributed by atoms with Crippen LogP contribution in [0, 0.1) is 0 Å². The van der Waals surface area contributed by atoms with Gasteiger partial charge in [-0.05, 0) is 52.3 Å². The molecule has 0 aliphatic rings. The maximum Gasteiger partial charge on any atom is 0.333 e. The Kier molecular flexibility index (Phi) is 13.1.